The number of pyridine rings is 1. The molecule has 0 fully saturated rings. The molecule has 0 radical (unpaired) electrons. The summed E-state index contributed by atoms with van der Waals surface area (Å²) in [5.41, 5.74) is 19.0. The molecule has 0 aliphatic heterocycles. The third-order valence-corrected chi connectivity index (χ3v) is 12.7. The summed E-state index contributed by atoms with van der Waals surface area (Å²) >= 11 is 0. The third-order valence-electron chi connectivity index (χ3n) is 12.7. The SMILES string of the molecule is c1ccc(-c2ccc(-c3cc(-c4ccc(-c5ccccc5)cc4)nc(-c4cccc(-c5cccc6c5cc(-c5ccccc5)n5nc(-c7ccccc7)c(-c7ccccc7)c65)c4)n3)cc2)cc1. The molecule has 0 N–H and O–H groups in total. The molecule has 0 aliphatic rings. The zero-order chi connectivity index (χ0) is 44.5. The van der Waals surface area contributed by atoms with E-state index in [0.717, 1.165) is 100 Å². The predicted molar refractivity (Wildman–Crippen MR) is 277 cm³/mol. The Balaban J connectivity index is 1.03. The minimum absolute atomic E-state index is 0.663. The summed E-state index contributed by atoms with van der Waals surface area (Å²) < 4.78 is 2.15. The fraction of sp³-hybridized carbons (Fsp3) is 0. The van der Waals surface area contributed by atoms with Crippen LogP contribution in [0.1, 0.15) is 0 Å². The molecular formula is C63H42N4. The van der Waals surface area contributed by atoms with E-state index in [1.54, 1.807) is 0 Å². The van der Waals surface area contributed by atoms with E-state index in [-0.39, 0.29) is 0 Å². The molecule has 12 aromatic rings. The highest BCUT2D eigenvalue weighted by Gasteiger charge is 2.23. The number of rotatable bonds is 9. The summed E-state index contributed by atoms with van der Waals surface area (Å²) in [7, 11) is 0. The van der Waals surface area contributed by atoms with Gasteiger partial charge in [0.05, 0.1) is 22.6 Å². The monoisotopic (exact) mass is 854 g/mol. The lowest BCUT2D eigenvalue weighted by Gasteiger charge is -2.15. The Labute approximate surface area is 389 Å². The van der Waals surface area contributed by atoms with Gasteiger partial charge in [0.2, 0.25) is 0 Å². The zero-order valence-electron chi connectivity index (χ0n) is 36.5. The number of nitrogens with zero attached hydrogens (tertiary/aromatic N) is 4. The second-order valence-corrected chi connectivity index (χ2v) is 16.8. The van der Waals surface area contributed by atoms with Crippen LogP contribution >= 0.6 is 0 Å². The number of benzene rings is 9. The van der Waals surface area contributed by atoms with E-state index in [4.69, 9.17) is 15.1 Å². The van der Waals surface area contributed by atoms with E-state index in [1.165, 1.54) is 11.1 Å². The van der Waals surface area contributed by atoms with Crippen molar-refractivity contribution in [3.05, 3.63) is 255 Å². The van der Waals surface area contributed by atoms with Crippen molar-refractivity contribution in [1.82, 2.24) is 19.6 Å². The average Bonchev–Trinajstić information content (AvgIpc) is 3.83. The maximum atomic E-state index is 5.45. The van der Waals surface area contributed by atoms with Crippen LogP contribution in [0.3, 0.4) is 0 Å². The lowest BCUT2D eigenvalue weighted by Crippen LogP contribution is -1.97. The Morgan fingerprint density at radius 1 is 0.284 bits per heavy atom. The maximum Gasteiger partial charge on any atom is 0.160 e. The van der Waals surface area contributed by atoms with Crippen molar-refractivity contribution in [2.75, 3.05) is 0 Å². The van der Waals surface area contributed by atoms with E-state index in [2.05, 4.69) is 247 Å². The van der Waals surface area contributed by atoms with Crippen molar-refractivity contribution >= 4 is 16.3 Å². The van der Waals surface area contributed by atoms with Crippen LogP contribution in [0.15, 0.2) is 255 Å². The Morgan fingerprint density at radius 2 is 0.716 bits per heavy atom. The zero-order valence-corrected chi connectivity index (χ0v) is 36.5. The minimum atomic E-state index is 0.663. The minimum Gasteiger partial charge on any atom is -0.231 e. The van der Waals surface area contributed by atoms with Gasteiger partial charge in [-0.15, -0.1) is 0 Å². The van der Waals surface area contributed by atoms with Crippen molar-refractivity contribution < 1.29 is 0 Å². The smallest absolute Gasteiger partial charge is 0.160 e. The summed E-state index contributed by atoms with van der Waals surface area (Å²) in [6.45, 7) is 0. The first-order valence-corrected chi connectivity index (χ1v) is 22.7. The highest BCUT2D eigenvalue weighted by molar-refractivity contribution is 6.12. The fourth-order valence-electron chi connectivity index (χ4n) is 9.33. The highest BCUT2D eigenvalue weighted by Crippen LogP contribution is 2.43. The van der Waals surface area contributed by atoms with Crippen LogP contribution in [0.5, 0.6) is 0 Å². The molecule has 0 unspecified atom stereocenters. The van der Waals surface area contributed by atoms with Gasteiger partial charge in [0.25, 0.3) is 0 Å². The molecule has 9 aromatic carbocycles. The molecule has 0 amide bonds. The second-order valence-electron chi connectivity index (χ2n) is 16.8. The first-order valence-electron chi connectivity index (χ1n) is 22.7. The first kappa shape index (κ1) is 39.6. The van der Waals surface area contributed by atoms with Gasteiger partial charge in [-0.05, 0) is 62.5 Å². The normalized spacial score (nSPS) is 11.3. The molecule has 0 bridgehead atoms. The summed E-state index contributed by atoms with van der Waals surface area (Å²) in [5.74, 6) is 0.663. The third kappa shape index (κ3) is 7.57. The van der Waals surface area contributed by atoms with Crippen LogP contribution in [0.4, 0.5) is 0 Å². The lowest BCUT2D eigenvalue weighted by molar-refractivity contribution is 0.979. The molecule has 0 atom stereocenters. The molecule has 314 valence electrons. The van der Waals surface area contributed by atoms with E-state index in [1.807, 2.05) is 12.1 Å². The standard InChI is InChI=1S/C63H42N4/c1-6-18-43(19-7-1)45-32-36-47(37-33-45)57-42-58(48-38-34-46(35-39-48)44-20-8-2-9-21-44)65-63(64-57)53-29-16-28-52(40-53)54-30-17-31-55-56(54)41-59(49-22-10-3-11-23-49)67-62(55)60(50-24-12-4-13-25-50)61(66-67)51-26-14-5-15-27-51/h1-42H. The molecule has 12 rings (SSSR count). The highest BCUT2D eigenvalue weighted by atomic mass is 15.2. The molecule has 0 aliphatic carbocycles. The van der Waals surface area contributed by atoms with E-state index < -0.39 is 0 Å². The lowest BCUT2D eigenvalue weighted by atomic mass is 9.93. The van der Waals surface area contributed by atoms with Gasteiger partial charge in [-0.25, -0.2) is 14.5 Å². The molecule has 3 aromatic heterocycles. The second kappa shape index (κ2) is 17.2. The Kier molecular flexibility index (Phi) is 10.2. The van der Waals surface area contributed by atoms with E-state index in [0.29, 0.717) is 5.82 Å². The molecule has 0 saturated carbocycles. The van der Waals surface area contributed by atoms with Gasteiger partial charge in [0.15, 0.2) is 5.82 Å². The van der Waals surface area contributed by atoms with Crippen LogP contribution in [0, 0.1) is 0 Å². The van der Waals surface area contributed by atoms with Crippen molar-refractivity contribution in [3.8, 4) is 101 Å². The Morgan fingerprint density at radius 3 is 1.27 bits per heavy atom. The predicted octanol–water partition coefficient (Wildman–Crippen LogP) is 16.3. The number of aromatic nitrogens is 4. The first-order chi connectivity index (χ1) is 33.2. The Hall–Kier alpha value is -8.99. The quantitative estimate of drug-likeness (QED) is 0.145. The van der Waals surface area contributed by atoms with Crippen LogP contribution in [0.25, 0.3) is 117 Å². The van der Waals surface area contributed by atoms with Gasteiger partial charge in [-0.2, -0.15) is 5.10 Å². The van der Waals surface area contributed by atoms with Crippen LogP contribution < -0.4 is 0 Å². The topological polar surface area (TPSA) is 43.1 Å². The van der Waals surface area contributed by atoms with Gasteiger partial charge in [0, 0.05) is 38.8 Å². The number of hydrogen-bond acceptors (Lipinski definition) is 3. The van der Waals surface area contributed by atoms with Crippen LogP contribution in [-0.4, -0.2) is 19.6 Å². The summed E-state index contributed by atoms with van der Waals surface area (Å²) in [6, 6.07) is 89.9. The maximum absolute atomic E-state index is 5.45. The van der Waals surface area contributed by atoms with Crippen molar-refractivity contribution in [2.45, 2.75) is 0 Å². The Bertz CT molecular complexity index is 3580. The average molecular weight is 855 g/mol. The van der Waals surface area contributed by atoms with Crippen molar-refractivity contribution in [3.63, 3.8) is 0 Å². The fourth-order valence-corrected chi connectivity index (χ4v) is 9.33. The molecular weight excluding hydrogens is 813 g/mol. The molecule has 0 spiro atoms. The number of fused-ring (bicyclic) bond motifs is 3. The summed E-state index contributed by atoms with van der Waals surface area (Å²) in [5, 5.41) is 7.70. The van der Waals surface area contributed by atoms with Crippen LogP contribution in [0.2, 0.25) is 0 Å². The van der Waals surface area contributed by atoms with E-state index >= 15 is 0 Å². The van der Waals surface area contributed by atoms with Gasteiger partial charge < -0.3 is 0 Å². The van der Waals surface area contributed by atoms with E-state index in [9.17, 15) is 0 Å². The van der Waals surface area contributed by atoms with Crippen molar-refractivity contribution in [1.29, 1.82) is 0 Å². The summed E-state index contributed by atoms with van der Waals surface area (Å²) in [4.78, 5) is 10.6. The van der Waals surface area contributed by atoms with Crippen molar-refractivity contribution in [2.24, 2.45) is 0 Å². The molecule has 4 heteroatoms. The molecule has 67 heavy (non-hydrogen) atoms. The van der Waals surface area contributed by atoms with Gasteiger partial charge in [-0.1, -0.05) is 237 Å². The molecule has 0 saturated heterocycles. The van der Waals surface area contributed by atoms with Gasteiger partial charge in [-0.3, -0.25) is 0 Å². The number of hydrogen-bond donors (Lipinski definition) is 0. The van der Waals surface area contributed by atoms with Gasteiger partial charge >= 0.3 is 0 Å². The van der Waals surface area contributed by atoms with Gasteiger partial charge in [0.1, 0.15) is 5.69 Å². The molecule has 3 heterocycles. The summed E-state index contributed by atoms with van der Waals surface area (Å²) in [6.07, 6.45) is 0. The van der Waals surface area contributed by atoms with Crippen LogP contribution in [-0.2, 0) is 0 Å². The molecule has 4 nitrogen and oxygen atoms in total. The largest absolute Gasteiger partial charge is 0.231 e.